The van der Waals surface area contributed by atoms with Gasteiger partial charge in [-0.25, -0.2) is 0 Å². The molecular formula is C15H23NO3. The van der Waals surface area contributed by atoms with Crippen molar-refractivity contribution in [2.75, 3.05) is 20.8 Å². The van der Waals surface area contributed by atoms with Gasteiger partial charge in [-0.2, -0.15) is 5.26 Å². The van der Waals surface area contributed by atoms with Crippen molar-refractivity contribution in [2.24, 2.45) is 16.7 Å². The molecule has 3 aliphatic rings. The third-order valence-electron chi connectivity index (χ3n) is 6.03. The van der Waals surface area contributed by atoms with Crippen molar-refractivity contribution < 1.29 is 14.2 Å². The van der Waals surface area contributed by atoms with E-state index in [1.54, 1.807) is 14.2 Å². The maximum atomic E-state index is 9.57. The van der Waals surface area contributed by atoms with Gasteiger partial charge in [-0.15, -0.1) is 0 Å². The van der Waals surface area contributed by atoms with Gasteiger partial charge in [-0.05, 0) is 24.7 Å². The van der Waals surface area contributed by atoms with Gasteiger partial charge in [0.2, 0.25) is 0 Å². The lowest BCUT2D eigenvalue weighted by molar-refractivity contribution is -0.172. The summed E-state index contributed by atoms with van der Waals surface area (Å²) < 4.78 is 17.3. The highest BCUT2D eigenvalue weighted by Crippen LogP contribution is 2.68. The first-order valence-electron chi connectivity index (χ1n) is 7.22. The summed E-state index contributed by atoms with van der Waals surface area (Å²) in [5.41, 5.74) is -0.197. The number of ether oxygens (including phenoxy) is 3. The summed E-state index contributed by atoms with van der Waals surface area (Å²) in [6.07, 6.45) is 4.46. The van der Waals surface area contributed by atoms with Crippen LogP contribution < -0.4 is 0 Å². The first kappa shape index (κ1) is 13.4. The summed E-state index contributed by atoms with van der Waals surface area (Å²) in [5, 5.41) is 9.57. The minimum absolute atomic E-state index is 0.0413. The third-order valence-corrected chi connectivity index (χ3v) is 6.03. The molecule has 106 valence electrons. The Morgan fingerprint density at radius 3 is 2.47 bits per heavy atom. The normalized spacial score (nSPS) is 52.5. The minimum Gasteiger partial charge on any atom is -0.381 e. The van der Waals surface area contributed by atoms with Crippen molar-refractivity contribution in [2.45, 2.75) is 50.9 Å². The number of nitriles is 1. The van der Waals surface area contributed by atoms with Gasteiger partial charge in [0, 0.05) is 14.2 Å². The molecule has 0 bridgehead atoms. The van der Waals surface area contributed by atoms with Crippen LogP contribution in [0.5, 0.6) is 0 Å². The lowest BCUT2D eigenvalue weighted by Crippen LogP contribution is -2.59. The molecule has 1 unspecified atom stereocenters. The van der Waals surface area contributed by atoms with E-state index in [2.05, 4.69) is 13.0 Å². The van der Waals surface area contributed by atoms with Gasteiger partial charge >= 0.3 is 0 Å². The number of nitrogens with zero attached hydrogens (tertiary/aromatic N) is 1. The van der Waals surface area contributed by atoms with E-state index in [9.17, 15) is 5.26 Å². The van der Waals surface area contributed by atoms with E-state index < -0.39 is 0 Å². The van der Waals surface area contributed by atoms with Gasteiger partial charge in [-0.1, -0.05) is 13.3 Å². The van der Waals surface area contributed by atoms with E-state index in [1.807, 2.05) is 0 Å². The Bertz CT molecular complexity index is 403. The van der Waals surface area contributed by atoms with E-state index in [0.717, 1.165) is 32.3 Å². The van der Waals surface area contributed by atoms with Crippen molar-refractivity contribution in [1.29, 1.82) is 5.26 Å². The lowest BCUT2D eigenvalue weighted by Gasteiger charge is -2.54. The van der Waals surface area contributed by atoms with Gasteiger partial charge in [0.15, 0.2) is 0 Å². The molecule has 0 aromatic heterocycles. The number of rotatable bonds is 3. The SMILES string of the molecule is CO[C@H]1C[C@@H](C#N)[C@]2(C)CCC[C@@H](OC)[C@@]12C1CO1. The number of epoxide rings is 1. The lowest BCUT2D eigenvalue weighted by atomic mass is 9.53. The van der Waals surface area contributed by atoms with Crippen LogP contribution in [0.3, 0.4) is 0 Å². The van der Waals surface area contributed by atoms with Crippen LogP contribution in [0.15, 0.2) is 0 Å². The predicted octanol–water partition coefficient (Wildman–Crippen LogP) is 2.14. The number of methoxy groups -OCH3 is 2. The quantitative estimate of drug-likeness (QED) is 0.734. The second-order valence-electron chi connectivity index (χ2n) is 6.43. The molecule has 0 radical (unpaired) electrons. The topological polar surface area (TPSA) is 54.8 Å². The van der Waals surface area contributed by atoms with Crippen molar-refractivity contribution in [3.05, 3.63) is 0 Å². The fraction of sp³-hybridized carbons (Fsp3) is 0.933. The van der Waals surface area contributed by atoms with Gasteiger partial charge in [0.05, 0.1) is 42.3 Å². The van der Waals surface area contributed by atoms with Crippen LogP contribution >= 0.6 is 0 Å². The second-order valence-corrected chi connectivity index (χ2v) is 6.43. The molecule has 0 aromatic carbocycles. The Kier molecular flexibility index (Phi) is 3.12. The molecule has 1 aliphatic heterocycles. The zero-order chi connectivity index (χ0) is 13.7. The van der Waals surface area contributed by atoms with Crippen LogP contribution in [0.4, 0.5) is 0 Å². The molecule has 4 heteroatoms. The molecule has 1 saturated heterocycles. The van der Waals surface area contributed by atoms with Crippen LogP contribution in [0.2, 0.25) is 0 Å². The van der Waals surface area contributed by atoms with E-state index in [-0.39, 0.29) is 35.1 Å². The Balaban J connectivity index is 2.11. The highest BCUT2D eigenvalue weighted by atomic mass is 16.6. The van der Waals surface area contributed by atoms with E-state index in [1.165, 1.54) is 0 Å². The first-order chi connectivity index (χ1) is 9.15. The first-order valence-corrected chi connectivity index (χ1v) is 7.22. The van der Waals surface area contributed by atoms with Gasteiger partial charge in [0.25, 0.3) is 0 Å². The zero-order valence-electron chi connectivity index (χ0n) is 12.0. The highest BCUT2D eigenvalue weighted by molar-refractivity contribution is 5.23. The predicted molar refractivity (Wildman–Crippen MR) is 69.4 cm³/mol. The fourth-order valence-corrected chi connectivity index (χ4v) is 5.10. The summed E-state index contributed by atoms with van der Waals surface area (Å²) in [5.74, 6) is 0.0413. The molecule has 19 heavy (non-hydrogen) atoms. The van der Waals surface area contributed by atoms with Crippen molar-refractivity contribution in [3.8, 4) is 6.07 Å². The number of fused-ring (bicyclic) bond motifs is 1. The van der Waals surface area contributed by atoms with Gasteiger partial charge in [-0.3, -0.25) is 0 Å². The Morgan fingerprint density at radius 1 is 1.26 bits per heavy atom. The highest BCUT2D eigenvalue weighted by Gasteiger charge is 2.73. The third kappa shape index (κ3) is 1.50. The average Bonchev–Trinajstić information content (AvgIpc) is 3.22. The molecule has 0 amide bonds. The van der Waals surface area contributed by atoms with E-state index in [4.69, 9.17) is 14.2 Å². The molecule has 4 nitrogen and oxygen atoms in total. The molecule has 0 spiro atoms. The van der Waals surface area contributed by atoms with Crippen molar-refractivity contribution >= 4 is 0 Å². The number of hydrogen-bond donors (Lipinski definition) is 0. The van der Waals surface area contributed by atoms with Crippen LogP contribution in [0.25, 0.3) is 0 Å². The maximum absolute atomic E-state index is 9.57. The molecule has 0 N–H and O–H groups in total. The summed E-state index contributed by atoms with van der Waals surface area (Å²) in [6, 6.07) is 2.53. The zero-order valence-corrected chi connectivity index (χ0v) is 12.0. The Hall–Kier alpha value is -0.630. The summed E-state index contributed by atoms with van der Waals surface area (Å²) in [7, 11) is 3.54. The van der Waals surface area contributed by atoms with Crippen molar-refractivity contribution in [3.63, 3.8) is 0 Å². The fourth-order valence-electron chi connectivity index (χ4n) is 5.10. The summed E-state index contributed by atoms with van der Waals surface area (Å²) in [6.45, 7) is 3.04. The Labute approximate surface area is 115 Å². The minimum atomic E-state index is -0.144. The molecule has 1 heterocycles. The average molecular weight is 265 g/mol. The largest absolute Gasteiger partial charge is 0.381 e. The molecule has 2 aliphatic carbocycles. The Morgan fingerprint density at radius 2 is 1.95 bits per heavy atom. The monoisotopic (exact) mass is 265 g/mol. The van der Waals surface area contributed by atoms with Gasteiger partial charge in [0.1, 0.15) is 0 Å². The molecule has 3 rings (SSSR count). The maximum Gasteiger partial charge on any atom is 0.0921 e. The summed E-state index contributed by atoms with van der Waals surface area (Å²) in [4.78, 5) is 0. The molecule has 6 atom stereocenters. The van der Waals surface area contributed by atoms with Crippen LogP contribution in [-0.2, 0) is 14.2 Å². The van der Waals surface area contributed by atoms with Crippen LogP contribution in [0.1, 0.15) is 32.6 Å². The van der Waals surface area contributed by atoms with Crippen LogP contribution in [0, 0.1) is 28.1 Å². The number of hydrogen-bond acceptors (Lipinski definition) is 4. The van der Waals surface area contributed by atoms with Crippen LogP contribution in [-0.4, -0.2) is 39.1 Å². The summed E-state index contributed by atoms with van der Waals surface area (Å²) >= 11 is 0. The standard InChI is InChI=1S/C15H23NO3/c1-14-6-4-5-11(17-2)15(14,13-9-19-13)12(18-3)7-10(14)8-16/h10-13H,4-7,9H2,1-3H3/t10-,11+,12-,13?,14-,15-/m0/s1. The van der Waals surface area contributed by atoms with E-state index >= 15 is 0 Å². The smallest absolute Gasteiger partial charge is 0.0921 e. The van der Waals surface area contributed by atoms with Crippen molar-refractivity contribution in [1.82, 2.24) is 0 Å². The molecule has 0 aromatic rings. The van der Waals surface area contributed by atoms with E-state index in [0.29, 0.717) is 0 Å². The molecular weight excluding hydrogens is 242 g/mol. The van der Waals surface area contributed by atoms with Gasteiger partial charge < -0.3 is 14.2 Å². The molecule has 3 fully saturated rings. The molecule has 2 saturated carbocycles. The second kappa shape index (κ2) is 4.44.